The molecule has 18 heavy (non-hydrogen) atoms. The van der Waals surface area contributed by atoms with Crippen LogP contribution in [0.15, 0.2) is 35.0 Å². The summed E-state index contributed by atoms with van der Waals surface area (Å²) in [4.78, 5) is 16.7. The van der Waals surface area contributed by atoms with E-state index < -0.39 is 0 Å². The summed E-state index contributed by atoms with van der Waals surface area (Å²) in [5.74, 6) is 0.892. The average molecular weight is 261 g/mol. The first-order chi connectivity index (χ1) is 8.85. The Hall–Kier alpha value is -1.69. The zero-order chi connectivity index (χ0) is 12.8. The van der Waals surface area contributed by atoms with Gasteiger partial charge >= 0.3 is 0 Å². The highest BCUT2D eigenvalue weighted by atomic mass is 32.2. The maximum absolute atomic E-state index is 4.35. The Morgan fingerprint density at radius 2 is 2.11 bits per heavy atom. The first-order valence-corrected chi connectivity index (χ1v) is 6.62. The molecule has 0 saturated heterocycles. The molecule has 0 bridgehead atoms. The van der Waals surface area contributed by atoms with Crippen LogP contribution < -0.4 is 5.32 Å². The lowest BCUT2D eigenvalue weighted by atomic mass is 10.2. The van der Waals surface area contributed by atoms with Gasteiger partial charge in [-0.3, -0.25) is 0 Å². The quantitative estimate of drug-likeness (QED) is 0.834. The normalized spacial score (nSPS) is 10.3. The third-order valence-corrected chi connectivity index (χ3v) is 3.39. The van der Waals surface area contributed by atoms with Crippen molar-refractivity contribution in [1.29, 1.82) is 0 Å². The van der Waals surface area contributed by atoms with Crippen molar-refractivity contribution in [3.8, 4) is 0 Å². The lowest BCUT2D eigenvalue weighted by Crippen LogP contribution is -2.02. The molecule has 1 N–H and O–H groups in total. The van der Waals surface area contributed by atoms with Gasteiger partial charge in [0.1, 0.15) is 28.5 Å². The number of aromatic nitrogens is 4. The molecule has 0 aromatic carbocycles. The van der Waals surface area contributed by atoms with Crippen LogP contribution in [0.2, 0.25) is 0 Å². The summed E-state index contributed by atoms with van der Waals surface area (Å²) in [6, 6.07) is 1.88. The van der Waals surface area contributed by atoms with Gasteiger partial charge in [0.15, 0.2) is 0 Å². The summed E-state index contributed by atoms with van der Waals surface area (Å²) >= 11 is 1.54. The Bertz CT molecular complexity index is 503. The molecule has 0 fully saturated rings. The molecule has 0 amide bonds. The van der Waals surface area contributed by atoms with E-state index in [1.165, 1.54) is 0 Å². The van der Waals surface area contributed by atoms with Gasteiger partial charge in [0.2, 0.25) is 0 Å². The maximum atomic E-state index is 4.35. The van der Waals surface area contributed by atoms with Gasteiger partial charge in [-0.2, -0.15) is 0 Å². The zero-order valence-electron chi connectivity index (χ0n) is 10.4. The van der Waals surface area contributed by atoms with Crippen LogP contribution in [0.3, 0.4) is 0 Å². The Morgan fingerprint density at radius 1 is 1.22 bits per heavy atom. The molecule has 2 heterocycles. The summed E-state index contributed by atoms with van der Waals surface area (Å²) in [5.41, 5.74) is 1.14. The summed E-state index contributed by atoms with van der Waals surface area (Å²) in [6.45, 7) is 2.14. The molecular weight excluding hydrogens is 246 g/mol. The molecular formula is C12H15N5S. The average Bonchev–Trinajstić information content (AvgIpc) is 2.42. The molecule has 0 spiro atoms. The monoisotopic (exact) mass is 261 g/mol. The van der Waals surface area contributed by atoms with Crippen molar-refractivity contribution in [1.82, 2.24) is 19.9 Å². The molecule has 0 aliphatic rings. The van der Waals surface area contributed by atoms with Crippen LogP contribution in [-0.2, 0) is 6.42 Å². The first kappa shape index (κ1) is 12.8. The second kappa shape index (κ2) is 6.30. The van der Waals surface area contributed by atoms with Gasteiger partial charge in [0, 0.05) is 18.8 Å². The maximum Gasteiger partial charge on any atom is 0.133 e. The van der Waals surface area contributed by atoms with Gasteiger partial charge in [-0.15, -0.1) is 0 Å². The van der Waals surface area contributed by atoms with Gasteiger partial charge in [-0.25, -0.2) is 19.9 Å². The van der Waals surface area contributed by atoms with Crippen LogP contribution >= 0.6 is 11.8 Å². The van der Waals surface area contributed by atoms with Crippen LogP contribution in [0.4, 0.5) is 5.82 Å². The molecule has 0 unspecified atom stereocenters. The number of nitrogens with zero attached hydrogens (tertiary/aromatic N) is 4. The highest BCUT2D eigenvalue weighted by molar-refractivity contribution is 7.99. The Kier molecular flexibility index (Phi) is 4.46. The third-order valence-electron chi connectivity index (χ3n) is 2.40. The number of rotatable bonds is 5. The minimum Gasteiger partial charge on any atom is -0.373 e. The van der Waals surface area contributed by atoms with E-state index in [-0.39, 0.29) is 0 Å². The Labute approximate surface area is 110 Å². The summed E-state index contributed by atoms with van der Waals surface area (Å²) in [7, 11) is 1.88. The standard InChI is InChI=1S/C12H15N5S/c1-3-4-9-11(13-2)16-8-17-12(9)18-10-5-6-14-7-15-10/h5-8H,3-4H2,1-2H3,(H,13,16,17). The first-order valence-electron chi connectivity index (χ1n) is 5.80. The van der Waals surface area contributed by atoms with E-state index in [4.69, 9.17) is 0 Å². The summed E-state index contributed by atoms with van der Waals surface area (Å²) in [5, 5.41) is 4.95. The molecule has 2 aromatic heterocycles. The highest BCUT2D eigenvalue weighted by Gasteiger charge is 2.11. The minimum absolute atomic E-state index is 0.892. The fourth-order valence-electron chi connectivity index (χ4n) is 1.61. The second-order valence-electron chi connectivity index (χ2n) is 3.66. The van der Waals surface area contributed by atoms with Crippen molar-refractivity contribution in [3.05, 3.63) is 30.5 Å². The summed E-state index contributed by atoms with van der Waals surface area (Å²) < 4.78 is 0. The Balaban J connectivity index is 2.32. The van der Waals surface area contributed by atoms with Crippen molar-refractivity contribution in [2.24, 2.45) is 0 Å². The molecule has 0 saturated carbocycles. The van der Waals surface area contributed by atoms with E-state index in [1.807, 2.05) is 13.1 Å². The van der Waals surface area contributed by atoms with Crippen LogP contribution in [0.1, 0.15) is 18.9 Å². The third kappa shape index (κ3) is 2.95. The van der Waals surface area contributed by atoms with Crippen molar-refractivity contribution < 1.29 is 0 Å². The number of hydrogen-bond acceptors (Lipinski definition) is 6. The molecule has 0 atom stereocenters. The van der Waals surface area contributed by atoms with Crippen molar-refractivity contribution in [3.63, 3.8) is 0 Å². The van der Waals surface area contributed by atoms with Crippen LogP contribution in [-0.4, -0.2) is 27.0 Å². The predicted molar refractivity (Wildman–Crippen MR) is 71.7 cm³/mol. The van der Waals surface area contributed by atoms with Crippen molar-refractivity contribution in [2.45, 2.75) is 29.8 Å². The smallest absolute Gasteiger partial charge is 0.133 e. The van der Waals surface area contributed by atoms with E-state index in [9.17, 15) is 0 Å². The highest BCUT2D eigenvalue weighted by Crippen LogP contribution is 2.30. The van der Waals surface area contributed by atoms with E-state index >= 15 is 0 Å². The zero-order valence-corrected chi connectivity index (χ0v) is 11.2. The van der Waals surface area contributed by atoms with Crippen molar-refractivity contribution >= 4 is 17.6 Å². The molecule has 0 aliphatic heterocycles. The van der Waals surface area contributed by atoms with Gasteiger partial charge in [-0.1, -0.05) is 13.3 Å². The minimum atomic E-state index is 0.892. The van der Waals surface area contributed by atoms with Crippen LogP contribution in [0.25, 0.3) is 0 Å². The van der Waals surface area contributed by atoms with Gasteiger partial charge in [0.25, 0.3) is 0 Å². The lowest BCUT2D eigenvalue weighted by Gasteiger charge is -2.10. The molecule has 5 nitrogen and oxygen atoms in total. The van der Waals surface area contributed by atoms with Gasteiger partial charge in [0.05, 0.1) is 0 Å². The summed E-state index contributed by atoms with van der Waals surface area (Å²) in [6.07, 6.45) is 6.86. The number of nitrogens with one attached hydrogen (secondary N) is 1. The largest absolute Gasteiger partial charge is 0.373 e. The second-order valence-corrected chi connectivity index (χ2v) is 4.66. The number of hydrogen-bond donors (Lipinski definition) is 1. The lowest BCUT2D eigenvalue weighted by molar-refractivity contribution is 0.857. The molecule has 94 valence electrons. The van der Waals surface area contributed by atoms with Gasteiger partial charge in [-0.05, 0) is 24.2 Å². The Morgan fingerprint density at radius 3 is 2.78 bits per heavy atom. The molecule has 6 heteroatoms. The fourth-order valence-corrected chi connectivity index (χ4v) is 2.46. The topological polar surface area (TPSA) is 63.6 Å². The SMILES string of the molecule is CCCc1c(NC)ncnc1Sc1ccncn1. The van der Waals surface area contributed by atoms with E-state index in [0.29, 0.717) is 0 Å². The van der Waals surface area contributed by atoms with Crippen molar-refractivity contribution in [2.75, 3.05) is 12.4 Å². The number of anilines is 1. The molecule has 2 rings (SSSR count). The predicted octanol–water partition coefficient (Wildman–Crippen LogP) is 2.41. The van der Waals surface area contributed by atoms with E-state index in [1.54, 1.807) is 30.6 Å². The molecule has 0 radical (unpaired) electrons. The molecule has 0 aliphatic carbocycles. The van der Waals surface area contributed by atoms with E-state index in [0.717, 1.165) is 34.3 Å². The van der Waals surface area contributed by atoms with Crippen LogP contribution in [0.5, 0.6) is 0 Å². The van der Waals surface area contributed by atoms with Gasteiger partial charge < -0.3 is 5.32 Å². The van der Waals surface area contributed by atoms with E-state index in [2.05, 4.69) is 32.2 Å². The fraction of sp³-hybridized carbons (Fsp3) is 0.333. The molecule has 2 aromatic rings. The van der Waals surface area contributed by atoms with Crippen LogP contribution in [0, 0.1) is 0 Å².